The molecular weight excluding hydrogens is 367 g/mol. The van der Waals surface area contributed by atoms with E-state index in [4.69, 9.17) is 14.0 Å². The fourth-order valence-electron chi connectivity index (χ4n) is 3.39. The van der Waals surface area contributed by atoms with Gasteiger partial charge in [-0.15, -0.1) is 0 Å². The third-order valence-electron chi connectivity index (χ3n) is 4.94. The van der Waals surface area contributed by atoms with E-state index in [9.17, 15) is 9.18 Å². The van der Waals surface area contributed by atoms with Gasteiger partial charge < -0.3 is 18.9 Å². The largest absolute Gasteiger partial charge is 0.485 e. The second-order valence-corrected chi connectivity index (χ2v) is 6.95. The first kappa shape index (κ1) is 18.8. The van der Waals surface area contributed by atoms with E-state index in [1.807, 2.05) is 4.90 Å². The van der Waals surface area contributed by atoms with Gasteiger partial charge in [0, 0.05) is 32.8 Å². The van der Waals surface area contributed by atoms with Crippen molar-refractivity contribution in [3.8, 4) is 5.75 Å². The molecule has 0 aliphatic carbocycles. The number of halogens is 1. The van der Waals surface area contributed by atoms with Crippen molar-refractivity contribution in [2.75, 3.05) is 32.8 Å². The van der Waals surface area contributed by atoms with E-state index >= 15 is 0 Å². The summed E-state index contributed by atoms with van der Waals surface area (Å²) in [5.74, 6) is 1.28. The van der Waals surface area contributed by atoms with Crippen LogP contribution in [0.4, 0.5) is 4.39 Å². The van der Waals surface area contributed by atoms with Crippen molar-refractivity contribution in [1.29, 1.82) is 0 Å². The molecule has 1 aromatic heterocycles. The third kappa shape index (κ3) is 4.66. The van der Waals surface area contributed by atoms with Crippen LogP contribution in [0.15, 0.2) is 28.8 Å². The first-order valence-corrected chi connectivity index (χ1v) is 9.50. The molecule has 3 heterocycles. The zero-order valence-electron chi connectivity index (χ0n) is 15.6. The Morgan fingerprint density at radius 3 is 2.71 bits per heavy atom. The highest BCUT2D eigenvalue weighted by Gasteiger charge is 2.30. The van der Waals surface area contributed by atoms with Crippen LogP contribution < -0.4 is 4.74 Å². The van der Waals surface area contributed by atoms with Crippen LogP contribution in [0.3, 0.4) is 0 Å². The van der Waals surface area contributed by atoms with E-state index in [0.29, 0.717) is 43.7 Å². The molecule has 2 aliphatic heterocycles. The Balaban J connectivity index is 1.22. The minimum absolute atomic E-state index is 0.107. The van der Waals surface area contributed by atoms with E-state index in [-0.39, 0.29) is 24.4 Å². The minimum atomic E-state index is -0.313. The predicted molar refractivity (Wildman–Crippen MR) is 95.9 cm³/mol. The highest BCUT2D eigenvalue weighted by molar-refractivity contribution is 5.81. The number of benzene rings is 1. The SMILES string of the molecule is O=C([C@@H]1CCCO1)N1CCN(Cc2nc(COc3ccc(F)cc3)no2)CC1. The number of rotatable bonds is 6. The monoisotopic (exact) mass is 390 g/mol. The number of ether oxygens (including phenoxy) is 2. The molecule has 2 aromatic rings. The highest BCUT2D eigenvalue weighted by Crippen LogP contribution is 2.17. The summed E-state index contributed by atoms with van der Waals surface area (Å²) in [6.07, 6.45) is 1.52. The van der Waals surface area contributed by atoms with Crippen LogP contribution in [0.5, 0.6) is 5.75 Å². The molecule has 9 heteroatoms. The van der Waals surface area contributed by atoms with Crippen LogP contribution in [0.1, 0.15) is 24.6 Å². The second-order valence-electron chi connectivity index (χ2n) is 6.95. The molecule has 0 radical (unpaired) electrons. The van der Waals surface area contributed by atoms with Gasteiger partial charge >= 0.3 is 0 Å². The molecular formula is C19H23FN4O4. The maximum Gasteiger partial charge on any atom is 0.251 e. The van der Waals surface area contributed by atoms with Gasteiger partial charge in [-0.3, -0.25) is 9.69 Å². The topological polar surface area (TPSA) is 80.9 Å². The summed E-state index contributed by atoms with van der Waals surface area (Å²) >= 11 is 0. The lowest BCUT2D eigenvalue weighted by molar-refractivity contribution is -0.142. The lowest BCUT2D eigenvalue weighted by Crippen LogP contribution is -2.51. The Kier molecular flexibility index (Phi) is 5.82. The maximum absolute atomic E-state index is 12.9. The van der Waals surface area contributed by atoms with Crippen LogP contribution in [0, 0.1) is 5.82 Å². The number of aromatic nitrogens is 2. The second kappa shape index (κ2) is 8.66. The molecule has 2 aliphatic rings. The molecule has 1 aromatic carbocycles. The molecule has 2 fully saturated rings. The van der Waals surface area contributed by atoms with Gasteiger partial charge in [0.15, 0.2) is 6.61 Å². The molecule has 1 atom stereocenters. The third-order valence-corrected chi connectivity index (χ3v) is 4.94. The van der Waals surface area contributed by atoms with Crippen LogP contribution in [0.2, 0.25) is 0 Å². The van der Waals surface area contributed by atoms with Gasteiger partial charge in [-0.05, 0) is 37.1 Å². The van der Waals surface area contributed by atoms with E-state index in [0.717, 1.165) is 25.9 Å². The normalized spacial score (nSPS) is 20.5. The molecule has 28 heavy (non-hydrogen) atoms. The zero-order chi connectivity index (χ0) is 19.3. The fraction of sp³-hybridized carbons (Fsp3) is 0.526. The molecule has 2 saturated heterocycles. The molecule has 0 spiro atoms. The lowest BCUT2D eigenvalue weighted by atomic mass is 10.2. The first-order valence-electron chi connectivity index (χ1n) is 9.50. The molecule has 0 bridgehead atoms. The van der Waals surface area contributed by atoms with E-state index < -0.39 is 0 Å². The summed E-state index contributed by atoms with van der Waals surface area (Å²) in [7, 11) is 0. The zero-order valence-corrected chi connectivity index (χ0v) is 15.6. The van der Waals surface area contributed by atoms with Crippen LogP contribution in [-0.4, -0.2) is 64.7 Å². The van der Waals surface area contributed by atoms with Crippen molar-refractivity contribution in [3.63, 3.8) is 0 Å². The summed E-state index contributed by atoms with van der Waals surface area (Å²) in [4.78, 5) is 20.8. The summed E-state index contributed by atoms with van der Waals surface area (Å²) < 4.78 is 29.2. The van der Waals surface area contributed by atoms with Crippen LogP contribution >= 0.6 is 0 Å². The summed E-state index contributed by atoms with van der Waals surface area (Å²) in [5.41, 5.74) is 0. The Hall–Kier alpha value is -2.52. The number of carbonyl (C=O) groups is 1. The molecule has 0 unspecified atom stereocenters. The first-order chi connectivity index (χ1) is 13.7. The van der Waals surface area contributed by atoms with Gasteiger partial charge in [0.25, 0.3) is 5.91 Å². The van der Waals surface area contributed by atoms with E-state index in [2.05, 4.69) is 15.0 Å². The number of hydrogen-bond donors (Lipinski definition) is 0. The Labute approximate surface area is 162 Å². The minimum Gasteiger partial charge on any atom is -0.485 e. The van der Waals surface area contributed by atoms with Gasteiger partial charge in [0.1, 0.15) is 17.7 Å². The van der Waals surface area contributed by atoms with Gasteiger partial charge in [0.2, 0.25) is 11.7 Å². The van der Waals surface area contributed by atoms with Crippen molar-refractivity contribution in [3.05, 3.63) is 41.8 Å². The summed E-state index contributed by atoms with van der Waals surface area (Å²) in [5, 5.41) is 3.92. The predicted octanol–water partition coefficient (Wildman–Crippen LogP) is 1.61. The molecule has 0 saturated carbocycles. The maximum atomic E-state index is 12.9. The molecule has 4 rings (SSSR count). The summed E-state index contributed by atoms with van der Waals surface area (Å²) in [6.45, 7) is 4.22. The van der Waals surface area contributed by atoms with Gasteiger partial charge in [0.05, 0.1) is 6.54 Å². The van der Waals surface area contributed by atoms with Gasteiger partial charge in [-0.2, -0.15) is 4.98 Å². The Bertz CT molecular complexity index is 783. The highest BCUT2D eigenvalue weighted by atomic mass is 19.1. The average molecular weight is 390 g/mol. The fourth-order valence-corrected chi connectivity index (χ4v) is 3.39. The Morgan fingerprint density at radius 2 is 2.00 bits per heavy atom. The van der Waals surface area contributed by atoms with Gasteiger partial charge in [-0.1, -0.05) is 5.16 Å². The van der Waals surface area contributed by atoms with Crippen molar-refractivity contribution < 1.29 is 23.2 Å². The van der Waals surface area contributed by atoms with E-state index in [1.54, 1.807) is 12.1 Å². The molecule has 0 N–H and O–H groups in total. The molecule has 150 valence electrons. The van der Waals surface area contributed by atoms with Gasteiger partial charge in [-0.25, -0.2) is 4.39 Å². The standard InChI is InChI=1S/C19H23FN4O4/c20-14-3-5-15(6-4-14)27-13-17-21-18(28-22-17)12-23-7-9-24(10-8-23)19(25)16-2-1-11-26-16/h3-6,16H,1-2,7-13H2/t16-/m0/s1. The smallest absolute Gasteiger partial charge is 0.251 e. The number of nitrogens with zero attached hydrogens (tertiary/aromatic N) is 4. The van der Waals surface area contributed by atoms with Crippen LogP contribution in [0.25, 0.3) is 0 Å². The number of amides is 1. The van der Waals surface area contributed by atoms with Crippen molar-refractivity contribution in [1.82, 2.24) is 19.9 Å². The number of hydrogen-bond acceptors (Lipinski definition) is 7. The molecule has 8 nitrogen and oxygen atoms in total. The molecule has 1 amide bonds. The number of piperazine rings is 1. The Morgan fingerprint density at radius 1 is 1.21 bits per heavy atom. The quantitative estimate of drug-likeness (QED) is 0.741. The summed E-state index contributed by atoms with van der Waals surface area (Å²) in [6, 6.07) is 5.77. The van der Waals surface area contributed by atoms with Crippen molar-refractivity contribution in [2.24, 2.45) is 0 Å². The number of carbonyl (C=O) groups excluding carboxylic acids is 1. The average Bonchev–Trinajstić information content (AvgIpc) is 3.40. The van der Waals surface area contributed by atoms with Crippen molar-refractivity contribution in [2.45, 2.75) is 32.1 Å². The van der Waals surface area contributed by atoms with Crippen molar-refractivity contribution >= 4 is 5.91 Å². The van der Waals surface area contributed by atoms with E-state index in [1.165, 1.54) is 12.1 Å². The van der Waals surface area contributed by atoms with Crippen LogP contribution in [-0.2, 0) is 22.7 Å². The lowest BCUT2D eigenvalue weighted by Gasteiger charge is -2.35.